The Morgan fingerprint density at radius 2 is 2.00 bits per heavy atom. The lowest BCUT2D eigenvalue weighted by molar-refractivity contribution is 0.564. The van der Waals surface area contributed by atoms with E-state index in [2.05, 4.69) is 0 Å². The molecule has 0 amide bonds. The zero-order valence-electron chi connectivity index (χ0n) is 6.93. The average molecular weight is 195 g/mol. The number of aryl methyl sites for hydroxylation is 1. The average Bonchev–Trinajstić information content (AvgIpc) is 2.15. The van der Waals surface area contributed by atoms with Crippen molar-refractivity contribution in [2.24, 2.45) is 0 Å². The lowest BCUT2D eigenvalue weighted by Gasteiger charge is -1.98. The Morgan fingerprint density at radius 3 is 2.46 bits per heavy atom. The van der Waals surface area contributed by atoms with Crippen molar-refractivity contribution < 1.29 is 8.76 Å². The summed E-state index contributed by atoms with van der Waals surface area (Å²) in [6.45, 7) is 0. The molecule has 1 rings (SSSR count). The molecule has 0 aliphatic carbocycles. The van der Waals surface area contributed by atoms with Crippen LogP contribution in [0.4, 0.5) is 0 Å². The fraction of sp³-hybridized carbons (Fsp3) is 0.222. The molecule has 0 saturated carbocycles. The van der Waals surface area contributed by atoms with Crippen LogP contribution in [-0.2, 0) is 17.5 Å². The molecule has 13 heavy (non-hydrogen) atoms. The normalized spacial score (nSPS) is 12.0. The van der Waals surface area contributed by atoms with Crippen LogP contribution in [0.5, 0.6) is 0 Å². The minimum absolute atomic E-state index is 0.390. The van der Waals surface area contributed by atoms with Gasteiger partial charge in [-0.1, -0.05) is 12.1 Å². The van der Waals surface area contributed by atoms with Gasteiger partial charge in [0.25, 0.3) is 0 Å². The Kier molecular flexibility index (Phi) is 3.62. The second kappa shape index (κ2) is 4.75. The minimum atomic E-state index is -1.91. The van der Waals surface area contributed by atoms with Gasteiger partial charge >= 0.3 is 0 Å². The lowest BCUT2D eigenvalue weighted by atomic mass is 10.1. The number of hydrogen-bond acceptors (Lipinski definition) is 2. The summed E-state index contributed by atoms with van der Waals surface area (Å²) in [5.74, 6) is 0. The third-order valence-electron chi connectivity index (χ3n) is 1.65. The summed E-state index contributed by atoms with van der Waals surface area (Å²) in [5, 5.41) is 8.33. The SMILES string of the molecule is N#CCCc1ccc(S(=O)O)cc1. The first-order valence-electron chi connectivity index (χ1n) is 3.81. The molecule has 1 unspecified atom stereocenters. The van der Waals surface area contributed by atoms with E-state index < -0.39 is 11.1 Å². The van der Waals surface area contributed by atoms with Crippen LogP contribution in [0.2, 0.25) is 0 Å². The van der Waals surface area contributed by atoms with Crippen LogP contribution >= 0.6 is 0 Å². The molecular formula is C9H9NO2S. The first kappa shape index (κ1) is 9.90. The monoisotopic (exact) mass is 195 g/mol. The summed E-state index contributed by atoms with van der Waals surface area (Å²) < 4.78 is 19.3. The van der Waals surface area contributed by atoms with E-state index in [9.17, 15) is 4.21 Å². The Morgan fingerprint density at radius 1 is 1.38 bits per heavy atom. The van der Waals surface area contributed by atoms with E-state index in [1.54, 1.807) is 24.3 Å². The second-order valence-corrected chi connectivity index (χ2v) is 3.52. The standard InChI is InChI=1S/C9H9NO2S/c10-7-1-2-8-3-5-9(6-4-8)13(11)12/h3-6H,1-2H2,(H,11,12). The van der Waals surface area contributed by atoms with Crippen molar-refractivity contribution in [3.63, 3.8) is 0 Å². The molecule has 1 aromatic carbocycles. The van der Waals surface area contributed by atoms with Gasteiger partial charge in [-0.2, -0.15) is 5.26 Å². The fourth-order valence-corrected chi connectivity index (χ4v) is 1.34. The summed E-state index contributed by atoms with van der Waals surface area (Å²) in [5.41, 5.74) is 1.01. The minimum Gasteiger partial charge on any atom is -0.302 e. The number of hydrogen-bond donors (Lipinski definition) is 1. The Labute approximate surface area is 79.3 Å². The highest BCUT2D eigenvalue weighted by molar-refractivity contribution is 7.79. The zero-order chi connectivity index (χ0) is 9.68. The molecule has 0 heterocycles. The molecule has 0 spiro atoms. The molecule has 4 heteroatoms. The highest BCUT2D eigenvalue weighted by Gasteiger charge is 1.98. The van der Waals surface area contributed by atoms with Crippen LogP contribution in [0.15, 0.2) is 29.2 Å². The number of benzene rings is 1. The van der Waals surface area contributed by atoms with E-state index in [1.165, 1.54) is 0 Å². The highest BCUT2D eigenvalue weighted by Crippen LogP contribution is 2.08. The molecule has 0 bridgehead atoms. The summed E-state index contributed by atoms with van der Waals surface area (Å²) >= 11 is -1.91. The number of nitrogens with zero attached hydrogens (tertiary/aromatic N) is 1. The van der Waals surface area contributed by atoms with Crippen molar-refractivity contribution >= 4 is 11.1 Å². The van der Waals surface area contributed by atoms with Crippen molar-refractivity contribution in [2.45, 2.75) is 17.7 Å². The maximum atomic E-state index is 10.6. The molecule has 0 fully saturated rings. The molecule has 1 N–H and O–H groups in total. The first-order valence-corrected chi connectivity index (χ1v) is 4.91. The molecular weight excluding hydrogens is 186 g/mol. The van der Waals surface area contributed by atoms with Gasteiger partial charge in [-0.05, 0) is 24.1 Å². The molecule has 3 nitrogen and oxygen atoms in total. The maximum Gasteiger partial charge on any atom is 0.186 e. The summed E-state index contributed by atoms with van der Waals surface area (Å²) in [7, 11) is 0. The van der Waals surface area contributed by atoms with Crippen molar-refractivity contribution in [3.8, 4) is 6.07 Å². The van der Waals surface area contributed by atoms with Gasteiger partial charge in [-0.15, -0.1) is 0 Å². The molecule has 0 radical (unpaired) electrons. The van der Waals surface area contributed by atoms with Gasteiger partial charge in [-0.3, -0.25) is 0 Å². The van der Waals surface area contributed by atoms with E-state index in [4.69, 9.17) is 9.81 Å². The van der Waals surface area contributed by atoms with Crippen LogP contribution in [0.25, 0.3) is 0 Å². The second-order valence-electron chi connectivity index (χ2n) is 2.55. The largest absolute Gasteiger partial charge is 0.302 e. The molecule has 0 saturated heterocycles. The van der Waals surface area contributed by atoms with Crippen LogP contribution in [0.3, 0.4) is 0 Å². The third-order valence-corrected chi connectivity index (χ3v) is 2.33. The summed E-state index contributed by atoms with van der Waals surface area (Å²) in [6, 6.07) is 8.77. The van der Waals surface area contributed by atoms with Gasteiger partial charge in [0.2, 0.25) is 0 Å². The molecule has 1 atom stereocenters. The Bertz CT molecular complexity index is 340. The van der Waals surface area contributed by atoms with Gasteiger partial charge in [0.05, 0.1) is 11.0 Å². The van der Waals surface area contributed by atoms with E-state index in [0.29, 0.717) is 17.7 Å². The fourth-order valence-electron chi connectivity index (χ4n) is 0.973. The Hall–Kier alpha value is -1.18. The van der Waals surface area contributed by atoms with E-state index >= 15 is 0 Å². The Balaban J connectivity index is 2.71. The predicted octanol–water partition coefficient (Wildman–Crippen LogP) is 1.72. The van der Waals surface area contributed by atoms with E-state index in [0.717, 1.165) is 5.56 Å². The van der Waals surface area contributed by atoms with Gasteiger partial charge in [0.1, 0.15) is 0 Å². The van der Waals surface area contributed by atoms with Crippen molar-refractivity contribution in [3.05, 3.63) is 29.8 Å². The van der Waals surface area contributed by atoms with Crippen molar-refractivity contribution in [2.75, 3.05) is 0 Å². The topological polar surface area (TPSA) is 61.1 Å². The third kappa shape index (κ3) is 2.98. The van der Waals surface area contributed by atoms with Crippen LogP contribution in [0, 0.1) is 11.3 Å². The molecule has 1 aromatic rings. The highest BCUT2D eigenvalue weighted by atomic mass is 32.2. The van der Waals surface area contributed by atoms with Crippen LogP contribution < -0.4 is 0 Å². The quantitative estimate of drug-likeness (QED) is 0.747. The van der Waals surface area contributed by atoms with E-state index in [-0.39, 0.29) is 0 Å². The lowest BCUT2D eigenvalue weighted by Crippen LogP contribution is -1.89. The van der Waals surface area contributed by atoms with Gasteiger partial charge < -0.3 is 4.55 Å². The molecule has 68 valence electrons. The van der Waals surface area contributed by atoms with Gasteiger partial charge in [0, 0.05) is 6.42 Å². The van der Waals surface area contributed by atoms with E-state index in [1.807, 2.05) is 6.07 Å². The molecule has 0 aromatic heterocycles. The van der Waals surface area contributed by atoms with Crippen molar-refractivity contribution in [1.29, 1.82) is 5.26 Å². The first-order chi connectivity index (χ1) is 6.24. The number of nitriles is 1. The zero-order valence-corrected chi connectivity index (χ0v) is 7.75. The van der Waals surface area contributed by atoms with Crippen molar-refractivity contribution in [1.82, 2.24) is 0 Å². The summed E-state index contributed by atoms with van der Waals surface area (Å²) in [4.78, 5) is 0.390. The predicted molar refractivity (Wildman–Crippen MR) is 49.4 cm³/mol. The van der Waals surface area contributed by atoms with Gasteiger partial charge in [-0.25, -0.2) is 4.21 Å². The van der Waals surface area contributed by atoms with Crippen LogP contribution in [0.1, 0.15) is 12.0 Å². The molecule has 0 aliphatic heterocycles. The molecule has 0 aliphatic rings. The van der Waals surface area contributed by atoms with Gasteiger partial charge in [0.15, 0.2) is 11.1 Å². The maximum absolute atomic E-state index is 10.6. The van der Waals surface area contributed by atoms with Crippen LogP contribution in [-0.4, -0.2) is 8.76 Å². The summed E-state index contributed by atoms with van der Waals surface area (Å²) in [6.07, 6.45) is 1.16. The number of rotatable bonds is 3. The smallest absolute Gasteiger partial charge is 0.186 e.